The van der Waals surface area contributed by atoms with Crippen molar-refractivity contribution in [1.82, 2.24) is 0 Å². The van der Waals surface area contributed by atoms with Crippen molar-refractivity contribution in [3.63, 3.8) is 0 Å². The third kappa shape index (κ3) is 3.09. The summed E-state index contributed by atoms with van der Waals surface area (Å²) in [5, 5.41) is 10.2. The van der Waals surface area contributed by atoms with Gasteiger partial charge in [-0.15, -0.1) is 23.5 Å². The van der Waals surface area contributed by atoms with Gasteiger partial charge in [-0.25, -0.2) is 0 Å². The lowest BCUT2D eigenvalue weighted by atomic mass is 10.2. The Kier molecular flexibility index (Phi) is 4.01. The number of carbonyl (C=O) groups is 1. The van der Waals surface area contributed by atoms with Crippen molar-refractivity contribution < 1.29 is 14.6 Å². The molecule has 5 heteroatoms. The zero-order chi connectivity index (χ0) is 11.4. The van der Waals surface area contributed by atoms with Crippen molar-refractivity contribution in [1.29, 1.82) is 0 Å². The average Bonchev–Trinajstić information content (AvgIpc) is 2.80. The maximum atomic E-state index is 10.2. The minimum absolute atomic E-state index is 0.397. The number of thioether (sulfide) groups is 2. The second-order valence-corrected chi connectivity index (χ2v) is 6.03. The Balaban J connectivity index is 1.95. The fraction of sp³-hybridized carbons (Fsp3) is 0.364. The Bertz CT molecular complexity index is 358. The number of carbonyl (C=O) groups excluding carboxylic acids is 1. The van der Waals surface area contributed by atoms with Crippen LogP contribution < -0.4 is 9.84 Å². The number of ether oxygens (including phenoxy) is 1. The van der Waals surface area contributed by atoms with Gasteiger partial charge in [-0.1, -0.05) is 12.1 Å². The van der Waals surface area contributed by atoms with Crippen LogP contribution in [0.1, 0.15) is 10.1 Å². The molecule has 1 aliphatic rings. The Labute approximate surface area is 103 Å². The second kappa shape index (κ2) is 5.50. The summed E-state index contributed by atoms with van der Waals surface area (Å²) in [7, 11) is 0. The molecule has 1 aliphatic heterocycles. The van der Waals surface area contributed by atoms with Gasteiger partial charge in [0.1, 0.15) is 12.4 Å². The largest absolute Gasteiger partial charge is 0.546 e. The molecule has 0 amide bonds. The number of aliphatic carboxylic acids is 1. The Morgan fingerprint density at radius 3 is 2.50 bits per heavy atom. The van der Waals surface area contributed by atoms with E-state index in [-0.39, 0.29) is 0 Å². The molecule has 1 aromatic rings. The van der Waals surface area contributed by atoms with E-state index in [0.29, 0.717) is 10.3 Å². The van der Waals surface area contributed by atoms with Gasteiger partial charge in [-0.3, -0.25) is 0 Å². The minimum Gasteiger partial charge on any atom is -0.546 e. The first-order valence-corrected chi connectivity index (χ1v) is 7.01. The first kappa shape index (κ1) is 11.7. The van der Waals surface area contributed by atoms with E-state index in [0.717, 1.165) is 0 Å². The summed E-state index contributed by atoms with van der Waals surface area (Å²) >= 11 is 3.88. The van der Waals surface area contributed by atoms with Crippen molar-refractivity contribution in [2.45, 2.75) is 4.58 Å². The molecule has 1 aromatic carbocycles. The third-order valence-corrected chi connectivity index (χ3v) is 5.24. The summed E-state index contributed by atoms with van der Waals surface area (Å²) in [5.74, 6) is 1.75. The van der Waals surface area contributed by atoms with Gasteiger partial charge in [-0.2, -0.15) is 0 Å². The molecular weight excluding hydrogens is 244 g/mol. The molecule has 1 fully saturated rings. The first-order valence-electron chi connectivity index (χ1n) is 4.91. The monoisotopic (exact) mass is 255 g/mol. The van der Waals surface area contributed by atoms with E-state index in [1.54, 1.807) is 12.1 Å². The summed E-state index contributed by atoms with van der Waals surface area (Å²) in [4.78, 5) is 10.2. The maximum Gasteiger partial charge on any atom is 0.128 e. The lowest BCUT2D eigenvalue weighted by Gasteiger charge is -2.10. The van der Waals surface area contributed by atoms with E-state index in [9.17, 15) is 9.90 Å². The van der Waals surface area contributed by atoms with Crippen LogP contribution in [0.15, 0.2) is 24.3 Å². The summed E-state index contributed by atoms with van der Waals surface area (Å²) in [6.07, 6.45) is 0. The highest BCUT2D eigenvalue weighted by atomic mass is 32.2. The first-order chi connectivity index (χ1) is 7.75. The van der Waals surface area contributed by atoms with Crippen molar-refractivity contribution in [2.24, 2.45) is 0 Å². The summed E-state index contributed by atoms with van der Waals surface area (Å²) in [6.45, 7) is -0.397. The molecule has 0 aliphatic carbocycles. The average molecular weight is 255 g/mol. The van der Waals surface area contributed by atoms with Crippen LogP contribution in [0.25, 0.3) is 0 Å². The molecule has 0 saturated carbocycles. The van der Waals surface area contributed by atoms with Crippen molar-refractivity contribution >= 4 is 29.5 Å². The molecule has 3 nitrogen and oxygen atoms in total. The van der Waals surface area contributed by atoms with Crippen LogP contribution in [-0.4, -0.2) is 24.1 Å². The van der Waals surface area contributed by atoms with E-state index in [1.165, 1.54) is 17.1 Å². The van der Waals surface area contributed by atoms with Gasteiger partial charge in [0.25, 0.3) is 0 Å². The number of carboxylic acids is 1. The lowest BCUT2D eigenvalue weighted by Crippen LogP contribution is -2.28. The zero-order valence-corrected chi connectivity index (χ0v) is 10.2. The predicted octanol–water partition coefficient (Wildman–Crippen LogP) is 1.29. The Morgan fingerprint density at radius 1 is 1.31 bits per heavy atom. The minimum atomic E-state index is -1.20. The molecule has 0 aromatic heterocycles. The van der Waals surface area contributed by atoms with E-state index in [1.807, 2.05) is 35.7 Å². The molecule has 0 N–H and O–H groups in total. The zero-order valence-electron chi connectivity index (χ0n) is 8.55. The normalized spacial score (nSPS) is 16.2. The third-order valence-electron chi connectivity index (χ3n) is 2.13. The van der Waals surface area contributed by atoms with Gasteiger partial charge in [-0.05, 0) is 17.7 Å². The van der Waals surface area contributed by atoms with Crippen molar-refractivity contribution in [3.05, 3.63) is 29.8 Å². The van der Waals surface area contributed by atoms with Gasteiger partial charge >= 0.3 is 0 Å². The van der Waals surface area contributed by atoms with E-state index >= 15 is 0 Å². The number of hydrogen-bond donors (Lipinski definition) is 0. The topological polar surface area (TPSA) is 49.4 Å². The number of benzene rings is 1. The number of carboxylic acid groups (broad SMARTS) is 1. The van der Waals surface area contributed by atoms with Gasteiger partial charge in [0.05, 0.1) is 10.6 Å². The molecule has 0 unspecified atom stereocenters. The summed E-state index contributed by atoms with van der Waals surface area (Å²) in [6, 6.07) is 7.58. The lowest BCUT2D eigenvalue weighted by molar-refractivity contribution is -0.307. The molecule has 1 heterocycles. The quantitative estimate of drug-likeness (QED) is 0.811. The predicted molar refractivity (Wildman–Crippen MR) is 64.6 cm³/mol. The molecule has 86 valence electrons. The van der Waals surface area contributed by atoms with E-state index in [2.05, 4.69) is 0 Å². The van der Waals surface area contributed by atoms with Crippen molar-refractivity contribution in [3.8, 4) is 5.75 Å². The highest BCUT2D eigenvalue weighted by Crippen LogP contribution is 2.45. The standard InChI is InChI=1S/C11H12O3S2/c12-10(13)7-14-9-3-1-8(2-4-9)11-15-5-6-16-11/h1-4,11H,5-7H2,(H,12,13)/p-1. The molecule has 16 heavy (non-hydrogen) atoms. The van der Waals surface area contributed by atoms with Crippen LogP contribution in [0.2, 0.25) is 0 Å². The molecular formula is C11H11O3S2-. The van der Waals surface area contributed by atoms with Gasteiger partial charge in [0.15, 0.2) is 0 Å². The molecule has 0 spiro atoms. The van der Waals surface area contributed by atoms with Crippen LogP contribution in [0, 0.1) is 0 Å². The van der Waals surface area contributed by atoms with Crippen LogP contribution in [0.5, 0.6) is 5.75 Å². The summed E-state index contributed by atoms with van der Waals surface area (Å²) < 4.78 is 5.52. The number of hydrogen-bond acceptors (Lipinski definition) is 5. The highest BCUT2D eigenvalue weighted by Gasteiger charge is 2.17. The van der Waals surface area contributed by atoms with Crippen LogP contribution in [0.3, 0.4) is 0 Å². The molecule has 2 rings (SSSR count). The van der Waals surface area contributed by atoms with Gasteiger partial charge < -0.3 is 14.6 Å². The molecule has 0 atom stereocenters. The number of rotatable bonds is 4. The fourth-order valence-electron chi connectivity index (χ4n) is 1.41. The maximum absolute atomic E-state index is 10.2. The van der Waals surface area contributed by atoms with Crippen LogP contribution in [-0.2, 0) is 4.79 Å². The van der Waals surface area contributed by atoms with E-state index in [4.69, 9.17) is 4.74 Å². The molecule has 0 radical (unpaired) electrons. The van der Waals surface area contributed by atoms with Crippen molar-refractivity contribution in [2.75, 3.05) is 18.1 Å². The summed E-state index contributed by atoms with van der Waals surface area (Å²) in [5.41, 5.74) is 1.26. The molecule has 0 bridgehead atoms. The van der Waals surface area contributed by atoms with Gasteiger partial charge in [0.2, 0.25) is 0 Å². The SMILES string of the molecule is O=C([O-])COc1ccc(C2SCCS2)cc1. The Hall–Kier alpha value is -0.810. The smallest absolute Gasteiger partial charge is 0.128 e. The Morgan fingerprint density at radius 2 is 1.94 bits per heavy atom. The fourth-order valence-corrected chi connectivity index (χ4v) is 4.27. The van der Waals surface area contributed by atoms with E-state index < -0.39 is 12.6 Å². The van der Waals surface area contributed by atoms with Crippen LogP contribution >= 0.6 is 23.5 Å². The van der Waals surface area contributed by atoms with Crippen LogP contribution in [0.4, 0.5) is 0 Å². The highest BCUT2D eigenvalue weighted by molar-refractivity contribution is 8.19. The second-order valence-electron chi connectivity index (χ2n) is 3.30. The van der Waals surface area contributed by atoms with Gasteiger partial charge in [0, 0.05) is 11.5 Å². The molecule has 1 saturated heterocycles.